The Morgan fingerprint density at radius 3 is 2.38 bits per heavy atom. The minimum atomic E-state index is -0.00396. The summed E-state index contributed by atoms with van der Waals surface area (Å²) in [7, 11) is 0. The number of hydrogen-bond acceptors (Lipinski definition) is 5. The number of hydrogen-bond donors (Lipinski definition) is 0. The molecule has 0 radical (unpaired) electrons. The van der Waals surface area contributed by atoms with Gasteiger partial charge in [0.1, 0.15) is 0 Å². The van der Waals surface area contributed by atoms with E-state index in [9.17, 15) is 4.79 Å². The predicted octanol–water partition coefficient (Wildman–Crippen LogP) is 7.43. The highest BCUT2D eigenvalue weighted by Crippen LogP contribution is 2.42. The Morgan fingerprint density at radius 2 is 1.62 bits per heavy atom. The third kappa shape index (κ3) is 4.07. The van der Waals surface area contributed by atoms with Crippen LogP contribution in [0.4, 0.5) is 0 Å². The van der Waals surface area contributed by atoms with E-state index in [1.807, 2.05) is 59.2 Å². The maximum atomic E-state index is 12.7. The van der Waals surface area contributed by atoms with Crippen LogP contribution >= 0.6 is 46.3 Å². The molecular formula is C24H15Cl2N3OS2. The van der Waals surface area contributed by atoms with Crippen molar-refractivity contribution in [3.63, 3.8) is 0 Å². The zero-order valence-electron chi connectivity index (χ0n) is 16.5. The van der Waals surface area contributed by atoms with Crippen molar-refractivity contribution in [2.24, 2.45) is 0 Å². The zero-order valence-corrected chi connectivity index (χ0v) is 19.7. The van der Waals surface area contributed by atoms with Gasteiger partial charge in [-0.3, -0.25) is 9.36 Å². The van der Waals surface area contributed by atoms with Crippen molar-refractivity contribution >= 4 is 62.2 Å². The number of fused-ring (bicyclic) bond motifs is 1. The number of thioether (sulfide) groups is 1. The number of benzene rings is 3. The highest BCUT2D eigenvalue weighted by atomic mass is 35.5. The number of para-hydroxylation sites is 1. The number of thiophene rings is 1. The van der Waals surface area contributed by atoms with Crippen molar-refractivity contribution in [1.82, 2.24) is 14.8 Å². The Kier molecular flexibility index (Phi) is 6.02. The molecule has 0 spiro atoms. The molecule has 32 heavy (non-hydrogen) atoms. The number of halogens is 2. The summed E-state index contributed by atoms with van der Waals surface area (Å²) in [5.41, 5.74) is 1.52. The number of carbonyl (C=O) groups excluding carboxylic acids is 1. The van der Waals surface area contributed by atoms with Crippen LogP contribution < -0.4 is 0 Å². The second kappa shape index (κ2) is 9.08. The molecule has 2 heterocycles. The van der Waals surface area contributed by atoms with Gasteiger partial charge in [0.05, 0.1) is 15.7 Å². The van der Waals surface area contributed by atoms with E-state index >= 15 is 0 Å². The van der Waals surface area contributed by atoms with Gasteiger partial charge in [-0.05, 0) is 42.5 Å². The van der Waals surface area contributed by atoms with Crippen molar-refractivity contribution < 1.29 is 4.79 Å². The predicted molar refractivity (Wildman–Crippen MR) is 134 cm³/mol. The lowest BCUT2D eigenvalue weighted by Gasteiger charge is -2.09. The minimum Gasteiger partial charge on any atom is -0.293 e. The van der Waals surface area contributed by atoms with Crippen LogP contribution in [0.3, 0.4) is 0 Å². The molecule has 0 amide bonds. The van der Waals surface area contributed by atoms with Gasteiger partial charge in [0.15, 0.2) is 16.8 Å². The minimum absolute atomic E-state index is 0.00396. The highest BCUT2D eigenvalue weighted by molar-refractivity contribution is 7.99. The van der Waals surface area contributed by atoms with Gasteiger partial charge in [-0.2, -0.15) is 0 Å². The lowest BCUT2D eigenvalue weighted by atomic mass is 10.1. The first-order valence-electron chi connectivity index (χ1n) is 9.71. The van der Waals surface area contributed by atoms with Crippen LogP contribution in [0.15, 0.2) is 84.0 Å². The summed E-state index contributed by atoms with van der Waals surface area (Å²) in [4.78, 5) is 13.5. The first-order chi connectivity index (χ1) is 15.6. The third-order valence-corrected chi connectivity index (χ3v) is 7.74. The van der Waals surface area contributed by atoms with Crippen molar-refractivity contribution in [2.75, 3.05) is 5.75 Å². The molecule has 0 N–H and O–H groups in total. The monoisotopic (exact) mass is 495 g/mol. The van der Waals surface area contributed by atoms with Crippen molar-refractivity contribution in [2.45, 2.75) is 5.16 Å². The fourth-order valence-electron chi connectivity index (χ4n) is 3.33. The Bertz CT molecular complexity index is 1410. The molecule has 2 aromatic heterocycles. The van der Waals surface area contributed by atoms with Crippen molar-refractivity contribution in [3.05, 3.63) is 94.5 Å². The van der Waals surface area contributed by atoms with E-state index in [0.29, 0.717) is 26.6 Å². The van der Waals surface area contributed by atoms with E-state index in [2.05, 4.69) is 10.2 Å². The van der Waals surface area contributed by atoms with Crippen LogP contribution in [0, 0.1) is 0 Å². The molecule has 0 aliphatic heterocycles. The largest absolute Gasteiger partial charge is 0.293 e. The number of ketones is 1. The normalized spacial score (nSPS) is 11.2. The van der Waals surface area contributed by atoms with Gasteiger partial charge >= 0.3 is 0 Å². The molecule has 8 heteroatoms. The van der Waals surface area contributed by atoms with Gasteiger partial charge < -0.3 is 0 Å². The molecule has 5 aromatic rings. The fraction of sp³-hybridized carbons (Fsp3) is 0.0417. The first kappa shape index (κ1) is 21.2. The van der Waals surface area contributed by atoms with Crippen molar-refractivity contribution in [1.29, 1.82) is 0 Å². The zero-order chi connectivity index (χ0) is 22.1. The Hall–Kier alpha value is -2.64. The lowest BCUT2D eigenvalue weighted by Crippen LogP contribution is -2.04. The fourth-order valence-corrected chi connectivity index (χ4v) is 5.79. The molecule has 0 unspecified atom stereocenters. The molecule has 3 aromatic carbocycles. The summed E-state index contributed by atoms with van der Waals surface area (Å²) in [6.45, 7) is 0. The highest BCUT2D eigenvalue weighted by Gasteiger charge is 2.22. The van der Waals surface area contributed by atoms with E-state index in [-0.39, 0.29) is 11.5 Å². The Morgan fingerprint density at radius 1 is 0.906 bits per heavy atom. The maximum absolute atomic E-state index is 12.7. The number of nitrogens with zero attached hydrogens (tertiary/aromatic N) is 3. The van der Waals surface area contributed by atoms with Gasteiger partial charge in [0, 0.05) is 26.4 Å². The second-order valence-electron chi connectivity index (χ2n) is 6.94. The molecule has 5 rings (SSSR count). The SMILES string of the molecule is O=C(CSc1nnc(-c2sc3ccccc3c2Cl)n1-c1ccccc1)c1ccc(Cl)cc1. The van der Waals surface area contributed by atoms with Crippen LogP contribution in [-0.4, -0.2) is 26.3 Å². The molecular weight excluding hydrogens is 481 g/mol. The lowest BCUT2D eigenvalue weighted by molar-refractivity contribution is 0.102. The molecule has 158 valence electrons. The summed E-state index contributed by atoms with van der Waals surface area (Å²) >= 11 is 15.6. The quantitative estimate of drug-likeness (QED) is 0.181. The van der Waals surface area contributed by atoms with E-state index in [4.69, 9.17) is 23.2 Å². The van der Waals surface area contributed by atoms with Crippen LogP contribution in [-0.2, 0) is 0 Å². The topological polar surface area (TPSA) is 47.8 Å². The number of rotatable bonds is 6. The van der Waals surface area contributed by atoms with Gasteiger partial charge in [0.25, 0.3) is 0 Å². The smallest absolute Gasteiger partial charge is 0.196 e. The molecule has 0 saturated carbocycles. The summed E-state index contributed by atoms with van der Waals surface area (Å²) in [6, 6.07) is 24.7. The van der Waals surface area contributed by atoms with Crippen LogP contribution in [0.1, 0.15) is 10.4 Å². The summed E-state index contributed by atoms with van der Waals surface area (Å²) < 4.78 is 3.04. The van der Waals surface area contributed by atoms with Gasteiger partial charge in [-0.1, -0.05) is 71.4 Å². The van der Waals surface area contributed by atoms with Gasteiger partial charge in [-0.15, -0.1) is 21.5 Å². The van der Waals surface area contributed by atoms with E-state index in [0.717, 1.165) is 20.7 Å². The summed E-state index contributed by atoms with van der Waals surface area (Å²) in [5.74, 6) is 0.881. The molecule has 0 bridgehead atoms. The average Bonchev–Trinajstić information content (AvgIpc) is 3.39. The van der Waals surface area contributed by atoms with E-state index < -0.39 is 0 Å². The Labute approximate surface area is 202 Å². The summed E-state index contributed by atoms with van der Waals surface area (Å²) in [5, 5.41) is 11.8. The molecule has 0 fully saturated rings. The third-order valence-electron chi connectivity index (χ3n) is 4.88. The molecule has 0 aliphatic rings. The van der Waals surface area contributed by atoms with E-state index in [1.165, 1.54) is 11.8 Å². The average molecular weight is 496 g/mol. The first-order valence-corrected chi connectivity index (χ1v) is 12.3. The van der Waals surface area contributed by atoms with Crippen LogP contribution in [0.25, 0.3) is 26.5 Å². The molecule has 0 aliphatic carbocycles. The molecule has 0 atom stereocenters. The molecule has 4 nitrogen and oxygen atoms in total. The van der Waals surface area contributed by atoms with Crippen LogP contribution in [0.2, 0.25) is 10.0 Å². The molecule has 0 saturated heterocycles. The van der Waals surface area contributed by atoms with Crippen LogP contribution in [0.5, 0.6) is 0 Å². The maximum Gasteiger partial charge on any atom is 0.196 e. The van der Waals surface area contributed by atoms with Gasteiger partial charge in [0.2, 0.25) is 0 Å². The van der Waals surface area contributed by atoms with Crippen molar-refractivity contribution in [3.8, 4) is 16.4 Å². The number of aromatic nitrogens is 3. The Balaban J connectivity index is 1.54. The number of Topliss-reactive ketones (excluding diaryl/α,β-unsaturated/α-hetero) is 1. The second-order valence-corrected chi connectivity index (χ2v) is 9.75. The number of carbonyl (C=O) groups is 1. The van der Waals surface area contributed by atoms with E-state index in [1.54, 1.807) is 35.6 Å². The summed E-state index contributed by atoms with van der Waals surface area (Å²) in [6.07, 6.45) is 0. The van der Waals surface area contributed by atoms with Gasteiger partial charge in [-0.25, -0.2) is 0 Å². The standard InChI is InChI=1S/C24H15Cl2N3OS2/c25-16-12-10-15(11-13-16)19(30)14-31-24-28-27-23(29(24)17-6-2-1-3-7-17)22-21(26)18-8-4-5-9-20(18)32-22/h1-13H,14H2.